The lowest BCUT2D eigenvalue weighted by molar-refractivity contribution is -0.246. The summed E-state index contributed by atoms with van der Waals surface area (Å²) in [6.07, 6.45) is 1.63. The van der Waals surface area contributed by atoms with Crippen LogP contribution in [-0.4, -0.2) is 40.5 Å². The fourth-order valence-electron chi connectivity index (χ4n) is 1.73. The van der Waals surface area contributed by atoms with Gasteiger partial charge in [-0.15, -0.1) is 0 Å². The van der Waals surface area contributed by atoms with E-state index in [2.05, 4.69) is 0 Å². The zero-order valence-electron chi connectivity index (χ0n) is 8.49. The Hall–Kier alpha value is -0.160. The van der Waals surface area contributed by atoms with E-state index >= 15 is 0 Å². The van der Waals surface area contributed by atoms with Crippen molar-refractivity contribution >= 4 is 0 Å². The molecular formula is C9H18O4. The van der Waals surface area contributed by atoms with Gasteiger partial charge in [-0.1, -0.05) is 0 Å². The molecule has 0 aliphatic carbocycles. The Morgan fingerprint density at radius 3 is 2.46 bits per heavy atom. The van der Waals surface area contributed by atoms with Gasteiger partial charge in [0.25, 0.3) is 0 Å². The Morgan fingerprint density at radius 2 is 1.92 bits per heavy atom. The summed E-state index contributed by atoms with van der Waals surface area (Å²) in [6.45, 7) is 0.759. The lowest BCUT2D eigenvalue weighted by Gasteiger charge is -2.34. The molecular weight excluding hydrogens is 172 g/mol. The average molecular weight is 190 g/mol. The molecule has 0 saturated carbocycles. The van der Waals surface area contributed by atoms with Crippen LogP contribution >= 0.6 is 0 Å². The summed E-state index contributed by atoms with van der Waals surface area (Å²) >= 11 is 0. The van der Waals surface area contributed by atoms with E-state index in [0.29, 0.717) is 0 Å². The molecule has 1 rings (SSSR count). The van der Waals surface area contributed by atoms with E-state index in [1.807, 2.05) is 0 Å². The largest absolute Gasteiger partial charge is 0.355 e. The highest BCUT2D eigenvalue weighted by Gasteiger charge is 2.33. The summed E-state index contributed by atoms with van der Waals surface area (Å²) in [7, 11) is 4.91. The topological polar surface area (TPSA) is 36.9 Å². The lowest BCUT2D eigenvalue weighted by Crippen LogP contribution is -2.40. The quantitative estimate of drug-likeness (QED) is 0.620. The molecule has 1 fully saturated rings. The van der Waals surface area contributed by atoms with Crippen molar-refractivity contribution in [3.05, 3.63) is 0 Å². The second-order valence-electron chi connectivity index (χ2n) is 3.12. The minimum atomic E-state index is -0.231. The van der Waals surface area contributed by atoms with Crippen LogP contribution < -0.4 is 0 Å². The minimum Gasteiger partial charge on any atom is -0.355 e. The van der Waals surface area contributed by atoms with Crippen molar-refractivity contribution in [1.82, 2.24) is 0 Å². The zero-order chi connectivity index (χ0) is 9.68. The summed E-state index contributed by atoms with van der Waals surface area (Å²) in [4.78, 5) is 0. The Kier molecular flexibility index (Phi) is 4.66. The molecule has 0 N–H and O–H groups in total. The molecule has 4 nitrogen and oxygen atoms in total. The first-order chi connectivity index (χ1) is 6.33. The SMILES string of the molecule is COC(OC)[C@@H]1CCCO[C@H]1OC. The number of rotatable bonds is 4. The van der Waals surface area contributed by atoms with Gasteiger partial charge in [-0.3, -0.25) is 0 Å². The van der Waals surface area contributed by atoms with Gasteiger partial charge in [0.2, 0.25) is 0 Å². The van der Waals surface area contributed by atoms with Crippen molar-refractivity contribution in [3.8, 4) is 0 Å². The van der Waals surface area contributed by atoms with Crippen molar-refractivity contribution < 1.29 is 18.9 Å². The van der Waals surface area contributed by atoms with Gasteiger partial charge < -0.3 is 18.9 Å². The molecule has 1 heterocycles. The number of ether oxygens (including phenoxy) is 4. The van der Waals surface area contributed by atoms with Gasteiger partial charge in [0.15, 0.2) is 12.6 Å². The molecule has 0 radical (unpaired) electrons. The molecule has 1 aliphatic heterocycles. The monoisotopic (exact) mass is 190 g/mol. The maximum atomic E-state index is 5.44. The second kappa shape index (κ2) is 5.54. The third-order valence-corrected chi connectivity index (χ3v) is 2.36. The predicted molar refractivity (Wildman–Crippen MR) is 47.3 cm³/mol. The molecule has 0 amide bonds. The van der Waals surface area contributed by atoms with Gasteiger partial charge in [-0.05, 0) is 12.8 Å². The predicted octanol–water partition coefficient (Wildman–Crippen LogP) is 1.00. The van der Waals surface area contributed by atoms with Crippen LogP contribution in [-0.2, 0) is 18.9 Å². The van der Waals surface area contributed by atoms with Gasteiger partial charge in [0.05, 0.1) is 5.92 Å². The van der Waals surface area contributed by atoms with Gasteiger partial charge >= 0.3 is 0 Å². The third kappa shape index (κ3) is 2.64. The van der Waals surface area contributed by atoms with E-state index in [0.717, 1.165) is 19.4 Å². The van der Waals surface area contributed by atoms with E-state index < -0.39 is 0 Å². The van der Waals surface area contributed by atoms with Crippen molar-refractivity contribution in [1.29, 1.82) is 0 Å². The van der Waals surface area contributed by atoms with E-state index in [-0.39, 0.29) is 18.5 Å². The molecule has 0 bridgehead atoms. The maximum Gasteiger partial charge on any atom is 0.164 e. The van der Waals surface area contributed by atoms with Gasteiger partial charge in [0.1, 0.15) is 0 Å². The molecule has 0 aromatic rings. The Bertz CT molecular complexity index is 128. The smallest absolute Gasteiger partial charge is 0.164 e. The third-order valence-electron chi connectivity index (χ3n) is 2.36. The van der Waals surface area contributed by atoms with Gasteiger partial charge in [0, 0.05) is 27.9 Å². The van der Waals surface area contributed by atoms with Crippen LogP contribution in [0.1, 0.15) is 12.8 Å². The molecule has 0 aromatic carbocycles. The van der Waals surface area contributed by atoms with Crippen LogP contribution in [0.2, 0.25) is 0 Å². The summed E-state index contributed by atoms with van der Waals surface area (Å²) in [5, 5.41) is 0. The van der Waals surface area contributed by atoms with Crippen LogP contribution in [0.3, 0.4) is 0 Å². The molecule has 0 aromatic heterocycles. The van der Waals surface area contributed by atoms with Crippen LogP contribution in [0.25, 0.3) is 0 Å². The Labute approximate surface area is 79.1 Å². The first kappa shape index (κ1) is 10.9. The lowest BCUT2D eigenvalue weighted by atomic mass is 10.00. The summed E-state index contributed by atoms with van der Waals surface area (Å²) in [6, 6.07) is 0. The molecule has 2 atom stereocenters. The molecule has 4 heteroatoms. The van der Waals surface area contributed by atoms with Crippen molar-refractivity contribution in [2.75, 3.05) is 27.9 Å². The van der Waals surface area contributed by atoms with Crippen molar-refractivity contribution in [3.63, 3.8) is 0 Å². The highest BCUT2D eigenvalue weighted by molar-refractivity contribution is 4.71. The van der Waals surface area contributed by atoms with E-state index in [4.69, 9.17) is 18.9 Å². The normalized spacial score (nSPS) is 29.5. The molecule has 0 unspecified atom stereocenters. The van der Waals surface area contributed by atoms with Crippen molar-refractivity contribution in [2.45, 2.75) is 25.4 Å². The van der Waals surface area contributed by atoms with Crippen molar-refractivity contribution in [2.24, 2.45) is 5.92 Å². The first-order valence-electron chi connectivity index (χ1n) is 4.53. The van der Waals surface area contributed by atoms with Crippen LogP contribution in [0, 0.1) is 5.92 Å². The standard InChI is InChI=1S/C9H18O4/c1-10-8(11-2)7-5-4-6-13-9(7)12-3/h7-9H,4-6H2,1-3H3/t7-,9+/m0/s1. The fraction of sp³-hybridized carbons (Fsp3) is 1.00. The highest BCUT2D eigenvalue weighted by Crippen LogP contribution is 2.26. The summed E-state index contributed by atoms with van der Waals surface area (Å²) < 4.78 is 21.0. The fourth-order valence-corrected chi connectivity index (χ4v) is 1.73. The Balaban J connectivity index is 2.51. The maximum absolute atomic E-state index is 5.44. The summed E-state index contributed by atoms with van der Waals surface area (Å²) in [5.41, 5.74) is 0. The second-order valence-corrected chi connectivity index (χ2v) is 3.12. The molecule has 13 heavy (non-hydrogen) atoms. The van der Waals surface area contributed by atoms with Crippen LogP contribution in [0.15, 0.2) is 0 Å². The van der Waals surface area contributed by atoms with E-state index in [1.54, 1.807) is 21.3 Å². The minimum absolute atomic E-state index is 0.175. The highest BCUT2D eigenvalue weighted by atomic mass is 16.7. The molecule has 1 saturated heterocycles. The van der Waals surface area contributed by atoms with E-state index in [9.17, 15) is 0 Å². The summed E-state index contributed by atoms with van der Waals surface area (Å²) in [5.74, 6) is 0.175. The van der Waals surface area contributed by atoms with Crippen LogP contribution in [0.5, 0.6) is 0 Å². The molecule has 0 spiro atoms. The number of hydrogen-bond acceptors (Lipinski definition) is 4. The zero-order valence-corrected chi connectivity index (χ0v) is 8.49. The average Bonchev–Trinajstić information content (AvgIpc) is 2.20. The molecule has 1 aliphatic rings. The van der Waals surface area contributed by atoms with Crippen LogP contribution in [0.4, 0.5) is 0 Å². The van der Waals surface area contributed by atoms with E-state index in [1.165, 1.54) is 0 Å². The Morgan fingerprint density at radius 1 is 1.23 bits per heavy atom. The first-order valence-corrected chi connectivity index (χ1v) is 4.53. The van der Waals surface area contributed by atoms with Gasteiger partial charge in [-0.25, -0.2) is 0 Å². The molecule has 78 valence electrons. The number of hydrogen-bond donors (Lipinski definition) is 0. The van der Waals surface area contributed by atoms with Gasteiger partial charge in [-0.2, -0.15) is 0 Å². The number of methoxy groups -OCH3 is 3.